The highest BCUT2D eigenvalue weighted by Gasteiger charge is 2.49. The highest BCUT2D eigenvalue weighted by molar-refractivity contribution is 6.39. The monoisotopic (exact) mass is 363 g/mol. The lowest BCUT2D eigenvalue weighted by atomic mass is 9.72. The van der Waals surface area contributed by atoms with Crippen molar-refractivity contribution in [1.82, 2.24) is 10.6 Å². The van der Waals surface area contributed by atoms with E-state index in [-0.39, 0.29) is 23.1 Å². The molecule has 0 aromatic heterocycles. The average Bonchev–Trinajstić information content (AvgIpc) is 3.32. The lowest BCUT2D eigenvalue weighted by molar-refractivity contribution is -0.145. The van der Waals surface area contributed by atoms with Crippen molar-refractivity contribution >= 4 is 23.5 Å². The molecule has 0 heterocycles. The second-order valence-corrected chi connectivity index (χ2v) is 8.68. The maximum absolute atomic E-state index is 13.0. The summed E-state index contributed by atoms with van der Waals surface area (Å²) in [5, 5.41) is 5.65. The summed E-state index contributed by atoms with van der Waals surface area (Å²) in [6.07, 6.45) is 8.19. The third-order valence-electron chi connectivity index (χ3n) is 6.32. The van der Waals surface area contributed by atoms with Crippen LogP contribution in [0.3, 0.4) is 0 Å². The van der Waals surface area contributed by atoms with Gasteiger partial charge in [-0.25, -0.2) is 0 Å². The predicted molar refractivity (Wildman–Crippen MR) is 94.8 cm³/mol. The predicted octanol–water partition coefficient (Wildman–Crippen LogP) is 0.945. The summed E-state index contributed by atoms with van der Waals surface area (Å²) in [5.41, 5.74) is 3.99. The largest absolute Gasteiger partial charge is 0.363 e. The van der Waals surface area contributed by atoms with Crippen LogP contribution in [0.2, 0.25) is 0 Å². The second-order valence-electron chi connectivity index (χ2n) is 8.68. The van der Waals surface area contributed by atoms with E-state index in [2.05, 4.69) is 17.6 Å². The standard InChI is InChI=1S/C19H29N3O4/c1-18(7-2-3-8-18)11-13(21-16(25)12-5-6-12)17(26)22-19(9-4-10-19)14(23)15(20)24/h12-13H,2-11H2,1H3,(H2,20,24)(H,21,25)(H,22,26). The SMILES string of the molecule is CC1(CC(NC(=O)C2CC2)C(=O)NC2(C(=O)C(N)=O)CCC2)CCCC1. The van der Waals surface area contributed by atoms with Gasteiger partial charge < -0.3 is 16.4 Å². The Hall–Kier alpha value is -1.92. The zero-order chi connectivity index (χ0) is 18.9. The summed E-state index contributed by atoms with van der Waals surface area (Å²) in [5.74, 6) is -2.22. The maximum atomic E-state index is 13.0. The Morgan fingerprint density at radius 3 is 2.12 bits per heavy atom. The highest BCUT2D eigenvalue weighted by atomic mass is 16.2. The van der Waals surface area contributed by atoms with Crippen LogP contribution in [0.1, 0.15) is 71.1 Å². The number of nitrogens with one attached hydrogen (secondary N) is 2. The number of rotatable bonds is 8. The van der Waals surface area contributed by atoms with E-state index in [9.17, 15) is 19.2 Å². The van der Waals surface area contributed by atoms with Gasteiger partial charge >= 0.3 is 0 Å². The zero-order valence-corrected chi connectivity index (χ0v) is 15.4. The molecule has 0 aliphatic heterocycles. The molecule has 1 unspecified atom stereocenters. The molecule has 144 valence electrons. The van der Waals surface area contributed by atoms with Crippen LogP contribution in [-0.2, 0) is 19.2 Å². The molecule has 4 N–H and O–H groups in total. The lowest BCUT2D eigenvalue weighted by Gasteiger charge is -2.41. The Kier molecular flexibility index (Phi) is 5.08. The van der Waals surface area contributed by atoms with E-state index >= 15 is 0 Å². The van der Waals surface area contributed by atoms with Crippen LogP contribution in [0.4, 0.5) is 0 Å². The third-order valence-corrected chi connectivity index (χ3v) is 6.32. The fourth-order valence-electron chi connectivity index (χ4n) is 4.27. The summed E-state index contributed by atoms with van der Waals surface area (Å²) in [4.78, 5) is 48.7. The first-order valence-corrected chi connectivity index (χ1v) is 9.71. The van der Waals surface area contributed by atoms with Crippen LogP contribution in [0.25, 0.3) is 0 Å². The molecular formula is C19H29N3O4. The molecule has 0 saturated heterocycles. The number of ketones is 1. The van der Waals surface area contributed by atoms with Gasteiger partial charge in [-0.05, 0) is 56.8 Å². The quantitative estimate of drug-likeness (QED) is 0.556. The summed E-state index contributed by atoms with van der Waals surface area (Å²) >= 11 is 0. The maximum Gasteiger partial charge on any atom is 0.287 e. The second kappa shape index (κ2) is 7.00. The molecule has 0 aromatic rings. The molecule has 3 rings (SSSR count). The Balaban J connectivity index is 1.71. The number of Topliss-reactive ketones (excluding diaryl/α,β-unsaturated/α-hetero) is 1. The van der Waals surface area contributed by atoms with Gasteiger partial charge in [-0.3, -0.25) is 19.2 Å². The van der Waals surface area contributed by atoms with Gasteiger partial charge in [-0.15, -0.1) is 0 Å². The van der Waals surface area contributed by atoms with Crippen molar-refractivity contribution < 1.29 is 19.2 Å². The van der Waals surface area contributed by atoms with Gasteiger partial charge in [0.2, 0.25) is 17.6 Å². The van der Waals surface area contributed by atoms with E-state index in [1.165, 1.54) is 0 Å². The first kappa shape index (κ1) is 18.9. The summed E-state index contributed by atoms with van der Waals surface area (Å²) in [6, 6.07) is -0.677. The minimum absolute atomic E-state index is 0.00611. The van der Waals surface area contributed by atoms with Gasteiger partial charge in [0.05, 0.1) is 0 Å². The topological polar surface area (TPSA) is 118 Å². The minimum Gasteiger partial charge on any atom is -0.363 e. The first-order valence-electron chi connectivity index (χ1n) is 9.71. The highest BCUT2D eigenvalue weighted by Crippen LogP contribution is 2.42. The molecular weight excluding hydrogens is 334 g/mol. The van der Waals surface area contributed by atoms with Gasteiger partial charge in [0.15, 0.2) is 0 Å². The van der Waals surface area contributed by atoms with Gasteiger partial charge in [0.1, 0.15) is 11.6 Å². The van der Waals surface area contributed by atoms with Crippen LogP contribution in [-0.4, -0.2) is 35.1 Å². The molecule has 3 fully saturated rings. The van der Waals surface area contributed by atoms with Crippen molar-refractivity contribution in [2.24, 2.45) is 17.1 Å². The fraction of sp³-hybridized carbons (Fsp3) is 0.789. The van der Waals surface area contributed by atoms with Crippen LogP contribution in [0.5, 0.6) is 0 Å². The van der Waals surface area contributed by atoms with E-state index in [0.29, 0.717) is 19.3 Å². The fourth-order valence-corrected chi connectivity index (χ4v) is 4.27. The summed E-state index contributed by atoms with van der Waals surface area (Å²) in [7, 11) is 0. The minimum atomic E-state index is -1.18. The lowest BCUT2D eigenvalue weighted by Crippen LogP contribution is -2.65. The normalized spacial score (nSPS) is 24.2. The van der Waals surface area contributed by atoms with Crippen molar-refractivity contribution in [3.63, 3.8) is 0 Å². The summed E-state index contributed by atoms with van der Waals surface area (Å²) in [6.45, 7) is 2.15. The van der Waals surface area contributed by atoms with Gasteiger partial charge in [0.25, 0.3) is 5.91 Å². The Labute approximate surface area is 153 Å². The molecule has 7 heteroatoms. The van der Waals surface area contributed by atoms with E-state index in [1.807, 2.05) is 0 Å². The number of nitrogens with two attached hydrogens (primary N) is 1. The van der Waals surface area contributed by atoms with E-state index in [0.717, 1.165) is 44.9 Å². The molecule has 1 atom stereocenters. The van der Waals surface area contributed by atoms with Crippen molar-refractivity contribution in [3.8, 4) is 0 Å². The average molecular weight is 363 g/mol. The first-order chi connectivity index (χ1) is 12.2. The van der Waals surface area contributed by atoms with Crippen LogP contribution >= 0.6 is 0 Å². The Morgan fingerprint density at radius 2 is 1.65 bits per heavy atom. The molecule has 0 spiro atoms. The summed E-state index contributed by atoms with van der Waals surface area (Å²) < 4.78 is 0. The molecule has 3 aliphatic carbocycles. The number of hydrogen-bond donors (Lipinski definition) is 3. The number of primary amides is 1. The molecule has 3 amide bonds. The van der Waals surface area contributed by atoms with Crippen molar-refractivity contribution in [2.45, 2.75) is 82.7 Å². The zero-order valence-electron chi connectivity index (χ0n) is 15.4. The molecule has 7 nitrogen and oxygen atoms in total. The van der Waals surface area contributed by atoms with Crippen LogP contribution < -0.4 is 16.4 Å². The van der Waals surface area contributed by atoms with Crippen molar-refractivity contribution in [2.75, 3.05) is 0 Å². The molecule has 3 saturated carbocycles. The van der Waals surface area contributed by atoms with E-state index < -0.39 is 23.3 Å². The van der Waals surface area contributed by atoms with E-state index in [1.54, 1.807) is 0 Å². The smallest absolute Gasteiger partial charge is 0.287 e. The third kappa shape index (κ3) is 3.91. The molecule has 0 aromatic carbocycles. The van der Waals surface area contributed by atoms with E-state index in [4.69, 9.17) is 5.73 Å². The van der Waals surface area contributed by atoms with Crippen molar-refractivity contribution in [1.29, 1.82) is 0 Å². The van der Waals surface area contributed by atoms with Gasteiger partial charge in [-0.1, -0.05) is 19.8 Å². The number of carbonyl (C=O) groups excluding carboxylic acids is 4. The molecule has 0 radical (unpaired) electrons. The molecule has 3 aliphatic rings. The van der Waals surface area contributed by atoms with Gasteiger partial charge in [0, 0.05) is 5.92 Å². The number of hydrogen-bond acceptors (Lipinski definition) is 4. The van der Waals surface area contributed by atoms with Gasteiger partial charge in [-0.2, -0.15) is 0 Å². The number of carbonyl (C=O) groups is 4. The Bertz CT molecular complexity index is 616. The van der Waals surface area contributed by atoms with Crippen LogP contribution in [0, 0.1) is 11.3 Å². The molecule has 0 bridgehead atoms. The molecule has 26 heavy (non-hydrogen) atoms. The Morgan fingerprint density at radius 1 is 1.04 bits per heavy atom. The van der Waals surface area contributed by atoms with Crippen LogP contribution in [0.15, 0.2) is 0 Å². The van der Waals surface area contributed by atoms with Crippen molar-refractivity contribution in [3.05, 3.63) is 0 Å². The number of amides is 3.